The first kappa shape index (κ1) is 13.2. The van der Waals surface area contributed by atoms with Gasteiger partial charge >= 0.3 is 5.97 Å². The maximum atomic E-state index is 11.3. The largest absolute Gasteiger partial charge is 0.461 e. The molecule has 0 aromatic heterocycles. The van der Waals surface area contributed by atoms with Gasteiger partial charge in [0.05, 0.1) is 12.3 Å². The molecule has 0 atom stereocenters. The van der Waals surface area contributed by atoms with Gasteiger partial charge in [0.25, 0.3) is 0 Å². The number of benzene rings is 1. The molecule has 17 heavy (non-hydrogen) atoms. The van der Waals surface area contributed by atoms with E-state index in [2.05, 4.69) is 10.5 Å². The van der Waals surface area contributed by atoms with E-state index in [0.717, 1.165) is 5.69 Å². The van der Waals surface area contributed by atoms with Crippen LogP contribution in [-0.4, -0.2) is 18.3 Å². The molecule has 4 heteroatoms. The summed E-state index contributed by atoms with van der Waals surface area (Å²) in [5.74, 6) is -0.399. The Hall–Kier alpha value is -1.84. The summed E-state index contributed by atoms with van der Waals surface area (Å²) >= 11 is 0. The molecule has 0 bridgehead atoms. The second-order valence-electron chi connectivity index (χ2n) is 3.83. The first-order valence-corrected chi connectivity index (χ1v) is 5.59. The van der Waals surface area contributed by atoms with Crippen LogP contribution in [0.4, 0.5) is 5.69 Å². The number of anilines is 1. The van der Waals surface area contributed by atoms with Crippen molar-refractivity contribution in [2.45, 2.75) is 27.7 Å². The van der Waals surface area contributed by atoms with Crippen LogP contribution in [0.25, 0.3) is 0 Å². The SMILES string of the molecule is CCOC(=O)/C(C)=N\Nc1ccc(C)c(C)c1. The van der Waals surface area contributed by atoms with Crippen molar-refractivity contribution in [3.05, 3.63) is 29.3 Å². The van der Waals surface area contributed by atoms with Crippen molar-refractivity contribution in [2.24, 2.45) is 5.10 Å². The molecule has 0 fully saturated rings. The molecule has 1 rings (SSSR count). The van der Waals surface area contributed by atoms with E-state index in [1.165, 1.54) is 11.1 Å². The van der Waals surface area contributed by atoms with E-state index in [1.54, 1.807) is 13.8 Å². The normalized spacial score (nSPS) is 11.2. The minimum absolute atomic E-state index is 0.310. The summed E-state index contributed by atoms with van der Waals surface area (Å²) in [5.41, 5.74) is 6.41. The number of carbonyl (C=O) groups excluding carboxylic acids is 1. The molecular formula is C13H18N2O2. The highest BCUT2D eigenvalue weighted by Gasteiger charge is 2.05. The van der Waals surface area contributed by atoms with Crippen molar-refractivity contribution in [1.82, 2.24) is 0 Å². The second kappa shape index (κ2) is 6.03. The van der Waals surface area contributed by atoms with Gasteiger partial charge in [0.1, 0.15) is 5.71 Å². The summed E-state index contributed by atoms with van der Waals surface area (Å²) in [5, 5.41) is 3.98. The molecule has 0 amide bonds. The van der Waals surface area contributed by atoms with Crippen LogP contribution in [-0.2, 0) is 9.53 Å². The Bertz CT molecular complexity index is 439. The number of aryl methyl sites for hydroxylation is 2. The molecular weight excluding hydrogens is 216 g/mol. The first-order chi connectivity index (χ1) is 8.04. The third-order valence-electron chi connectivity index (χ3n) is 2.43. The van der Waals surface area contributed by atoms with Crippen molar-refractivity contribution in [1.29, 1.82) is 0 Å². The van der Waals surface area contributed by atoms with E-state index in [4.69, 9.17) is 4.74 Å². The number of nitrogens with zero attached hydrogens (tertiary/aromatic N) is 1. The first-order valence-electron chi connectivity index (χ1n) is 5.59. The minimum Gasteiger partial charge on any atom is -0.461 e. The number of rotatable bonds is 4. The molecule has 0 saturated carbocycles. The lowest BCUT2D eigenvalue weighted by Gasteiger charge is -2.05. The standard InChI is InChI=1S/C13H18N2O2/c1-5-17-13(16)11(4)14-15-12-7-6-9(2)10(3)8-12/h6-8,15H,5H2,1-4H3/b14-11-. The van der Waals surface area contributed by atoms with E-state index >= 15 is 0 Å². The third-order valence-corrected chi connectivity index (χ3v) is 2.43. The number of hydrazone groups is 1. The molecule has 1 N–H and O–H groups in total. The number of ether oxygens (including phenoxy) is 1. The quantitative estimate of drug-likeness (QED) is 0.495. The summed E-state index contributed by atoms with van der Waals surface area (Å²) in [4.78, 5) is 11.3. The highest BCUT2D eigenvalue weighted by Crippen LogP contribution is 2.13. The van der Waals surface area contributed by atoms with Crippen LogP contribution < -0.4 is 5.43 Å². The van der Waals surface area contributed by atoms with Gasteiger partial charge in [0.2, 0.25) is 0 Å². The van der Waals surface area contributed by atoms with E-state index in [0.29, 0.717) is 12.3 Å². The van der Waals surface area contributed by atoms with Crippen LogP contribution in [0.2, 0.25) is 0 Å². The molecule has 0 unspecified atom stereocenters. The Morgan fingerprint density at radius 1 is 1.35 bits per heavy atom. The van der Waals surface area contributed by atoms with Gasteiger partial charge < -0.3 is 4.74 Å². The Morgan fingerprint density at radius 2 is 2.06 bits per heavy atom. The van der Waals surface area contributed by atoms with Crippen molar-refractivity contribution >= 4 is 17.4 Å². The Kier molecular flexibility index (Phi) is 4.69. The number of nitrogens with one attached hydrogen (secondary N) is 1. The van der Waals surface area contributed by atoms with E-state index < -0.39 is 5.97 Å². The average molecular weight is 234 g/mol. The number of hydrogen-bond acceptors (Lipinski definition) is 4. The molecule has 0 aliphatic carbocycles. The fourth-order valence-electron chi connectivity index (χ4n) is 1.24. The Labute approximate surface area is 102 Å². The highest BCUT2D eigenvalue weighted by atomic mass is 16.5. The lowest BCUT2D eigenvalue weighted by atomic mass is 10.1. The van der Waals surface area contributed by atoms with Gasteiger partial charge in [0.15, 0.2) is 0 Å². The van der Waals surface area contributed by atoms with Crippen LogP contribution in [0.1, 0.15) is 25.0 Å². The summed E-state index contributed by atoms with van der Waals surface area (Å²) in [6.45, 7) is 7.82. The smallest absolute Gasteiger partial charge is 0.354 e. The zero-order valence-electron chi connectivity index (χ0n) is 10.7. The molecule has 92 valence electrons. The summed E-state index contributed by atoms with van der Waals surface area (Å²) in [6, 6.07) is 5.91. The van der Waals surface area contributed by atoms with Gasteiger partial charge in [-0.25, -0.2) is 4.79 Å². The average Bonchev–Trinajstić information content (AvgIpc) is 2.30. The molecule has 4 nitrogen and oxygen atoms in total. The summed E-state index contributed by atoms with van der Waals surface area (Å²) in [6.07, 6.45) is 0. The summed E-state index contributed by atoms with van der Waals surface area (Å²) in [7, 11) is 0. The second-order valence-corrected chi connectivity index (χ2v) is 3.83. The third kappa shape index (κ3) is 3.90. The molecule has 0 aliphatic rings. The Balaban J connectivity index is 2.69. The fraction of sp³-hybridized carbons (Fsp3) is 0.385. The Morgan fingerprint density at radius 3 is 2.65 bits per heavy atom. The van der Waals surface area contributed by atoms with Gasteiger partial charge in [0, 0.05) is 0 Å². The maximum Gasteiger partial charge on any atom is 0.354 e. The van der Waals surface area contributed by atoms with Crippen LogP contribution in [0.3, 0.4) is 0 Å². The van der Waals surface area contributed by atoms with Crippen LogP contribution in [0, 0.1) is 13.8 Å². The highest BCUT2D eigenvalue weighted by molar-refractivity contribution is 6.35. The topological polar surface area (TPSA) is 50.7 Å². The van der Waals surface area contributed by atoms with Crippen molar-refractivity contribution < 1.29 is 9.53 Å². The molecule has 0 spiro atoms. The monoisotopic (exact) mass is 234 g/mol. The van der Waals surface area contributed by atoms with Gasteiger partial charge in [-0.05, 0) is 51.0 Å². The van der Waals surface area contributed by atoms with Crippen molar-refractivity contribution in [3.8, 4) is 0 Å². The van der Waals surface area contributed by atoms with Crippen LogP contribution >= 0.6 is 0 Å². The molecule has 0 aliphatic heterocycles. The predicted molar refractivity (Wildman–Crippen MR) is 69.3 cm³/mol. The molecule has 0 radical (unpaired) electrons. The van der Waals surface area contributed by atoms with Crippen molar-refractivity contribution in [3.63, 3.8) is 0 Å². The molecule has 0 saturated heterocycles. The zero-order chi connectivity index (χ0) is 12.8. The molecule has 1 aromatic rings. The van der Waals surface area contributed by atoms with Crippen LogP contribution in [0.5, 0.6) is 0 Å². The fourth-order valence-corrected chi connectivity index (χ4v) is 1.24. The van der Waals surface area contributed by atoms with E-state index in [9.17, 15) is 4.79 Å². The lowest BCUT2D eigenvalue weighted by molar-refractivity contribution is -0.135. The van der Waals surface area contributed by atoms with Gasteiger partial charge in [-0.1, -0.05) is 6.07 Å². The number of carbonyl (C=O) groups is 1. The van der Waals surface area contributed by atoms with E-state index in [1.807, 2.05) is 32.0 Å². The summed E-state index contributed by atoms with van der Waals surface area (Å²) < 4.78 is 4.83. The van der Waals surface area contributed by atoms with Crippen molar-refractivity contribution in [2.75, 3.05) is 12.0 Å². The molecule has 1 aromatic carbocycles. The van der Waals surface area contributed by atoms with Gasteiger partial charge in [-0.2, -0.15) is 5.10 Å². The predicted octanol–water partition coefficient (Wildman–Crippen LogP) is 2.65. The minimum atomic E-state index is -0.399. The maximum absolute atomic E-state index is 11.3. The van der Waals surface area contributed by atoms with E-state index in [-0.39, 0.29) is 0 Å². The lowest BCUT2D eigenvalue weighted by Crippen LogP contribution is -2.15. The number of hydrogen-bond donors (Lipinski definition) is 1. The molecule has 0 heterocycles. The van der Waals surface area contributed by atoms with Gasteiger partial charge in [-0.3, -0.25) is 5.43 Å². The number of esters is 1. The van der Waals surface area contributed by atoms with Gasteiger partial charge in [-0.15, -0.1) is 0 Å². The zero-order valence-corrected chi connectivity index (χ0v) is 10.7. The van der Waals surface area contributed by atoms with Crippen LogP contribution in [0.15, 0.2) is 23.3 Å².